The van der Waals surface area contributed by atoms with E-state index in [0.29, 0.717) is 11.5 Å². The summed E-state index contributed by atoms with van der Waals surface area (Å²) in [6.07, 6.45) is 0.820. The molecule has 0 spiro atoms. The van der Waals surface area contributed by atoms with E-state index in [1.807, 2.05) is 30.3 Å². The minimum absolute atomic E-state index is 0.0529. The van der Waals surface area contributed by atoms with Crippen molar-refractivity contribution in [3.63, 3.8) is 0 Å². The molecule has 162 valence electrons. The van der Waals surface area contributed by atoms with Crippen LogP contribution < -0.4 is 10.6 Å². The largest absolute Gasteiger partial charge is 0.481 e. The smallest absolute Gasteiger partial charge is 0.305 e. The first-order chi connectivity index (χ1) is 14.8. The molecule has 3 aromatic rings. The summed E-state index contributed by atoms with van der Waals surface area (Å²) in [4.78, 5) is 27.6. The van der Waals surface area contributed by atoms with Gasteiger partial charge in [0.05, 0.1) is 18.0 Å². The van der Waals surface area contributed by atoms with Crippen LogP contribution in [-0.2, 0) is 4.79 Å². The number of hydrogen-bond acceptors (Lipinski definition) is 4. The number of aromatic nitrogens is 1. The van der Waals surface area contributed by atoms with E-state index in [9.17, 15) is 9.59 Å². The van der Waals surface area contributed by atoms with E-state index in [4.69, 9.17) is 10.1 Å². The van der Waals surface area contributed by atoms with E-state index >= 15 is 0 Å². The summed E-state index contributed by atoms with van der Waals surface area (Å²) in [5.41, 5.74) is 3.71. The molecule has 0 unspecified atom stereocenters. The normalized spacial score (nSPS) is 12.0. The number of para-hydroxylation sites is 1. The number of anilines is 1. The van der Waals surface area contributed by atoms with E-state index in [1.54, 1.807) is 12.1 Å². The maximum Gasteiger partial charge on any atom is 0.305 e. The van der Waals surface area contributed by atoms with Gasteiger partial charge in [-0.15, -0.1) is 0 Å². The highest BCUT2D eigenvalue weighted by Gasteiger charge is 2.16. The fraction of sp³-hybridized carbons (Fsp3) is 0.320. The molecule has 31 heavy (non-hydrogen) atoms. The molecule has 0 aliphatic carbocycles. The number of aryl methyl sites for hydroxylation is 1. The van der Waals surface area contributed by atoms with Crippen molar-refractivity contribution in [1.29, 1.82) is 0 Å². The van der Waals surface area contributed by atoms with Crippen molar-refractivity contribution in [2.24, 2.45) is 5.92 Å². The van der Waals surface area contributed by atoms with E-state index in [2.05, 4.69) is 43.5 Å². The molecule has 0 aliphatic heterocycles. The van der Waals surface area contributed by atoms with Gasteiger partial charge in [-0.25, -0.2) is 4.98 Å². The Labute approximate surface area is 182 Å². The number of rotatable bonds is 9. The molecule has 0 bridgehead atoms. The first kappa shape index (κ1) is 22.3. The monoisotopic (exact) mass is 419 g/mol. The van der Waals surface area contributed by atoms with Crippen molar-refractivity contribution >= 4 is 28.6 Å². The maximum atomic E-state index is 12.2. The Kier molecular flexibility index (Phi) is 7.23. The molecule has 1 aromatic heterocycles. The van der Waals surface area contributed by atoms with E-state index in [1.165, 1.54) is 5.56 Å². The summed E-state index contributed by atoms with van der Waals surface area (Å²) in [6, 6.07) is 17.7. The summed E-state index contributed by atoms with van der Waals surface area (Å²) in [6.45, 7) is 6.56. The lowest BCUT2D eigenvalue weighted by Gasteiger charge is -2.22. The minimum Gasteiger partial charge on any atom is -0.481 e. The zero-order valence-electron chi connectivity index (χ0n) is 18.2. The topological polar surface area (TPSA) is 91.3 Å². The van der Waals surface area contributed by atoms with Gasteiger partial charge in [0.2, 0.25) is 0 Å². The van der Waals surface area contributed by atoms with Crippen LogP contribution in [0.15, 0.2) is 54.6 Å². The molecule has 1 amide bonds. The summed E-state index contributed by atoms with van der Waals surface area (Å²) < 4.78 is 0. The Morgan fingerprint density at radius 1 is 1.06 bits per heavy atom. The zero-order valence-corrected chi connectivity index (χ0v) is 18.2. The molecule has 1 atom stereocenters. The lowest BCUT2D eigenvalue weighted by Crippen LogP contribution is -2.26. The fourth-order valence-electron chi connectivity index (χ4n) is 3.60. The Bertz CT molecular complexity index is 1060. The fourth-order valence-corrected chi connectivity index (χ4v) is 3.60. The number of fused-ring (bicyclic) bond motifs is 1. The van der Waals surface area contributed by atoms with Crippen LogP contribution in [0.5, 0.6) is 0 Å². The zero-order chi connectivity index (χ0) is 22.4. The number of carbonyl (C=O) groups is 2. The van der Waals surface area contributed by atoms with Gasteiger partial charge >= 0.3 is 5.97 Å². The van der Waals surface area contributed by atoms with Gasteiger partial charge < -0.3 is 15.7 Å². The molecule has 3 N–H and O–H groups in total. The second-order valence-electron chi connectivity index (χ2n) is 8.19. The molecule has 2 aromatic carbocycles. The van der Waals surface area contributed by atoms with Crippen LogP contribution in [0.25, 0.3) is 10.9 Å². The van der Waals surface area contributed by atoms with Gasteiger partial charge in [-0.1, -0.05) is 44.2 Å². The number of amides is 1. The molecule has 3 rings (SSSR count). The summed E-state index contributed by atoms with van der Waals surface area (Å²) >= 11 is 0. The quantitative estimate of drug-likeness (QED) is 0.457. The average Bonchev–Trinajstić information content (AvgIpc) is 2.73. The molecule has 6 nitrogen and oxygen atoms in total. The van der Waals surface area contributed by atoms with Crippen LogP contribution in [0.4, 0.5) is 5.82 Å². The Morgan fingerprint density at radius 2 is 1.77 bits per heavy atom. The first-order valence-corrected chi connectivity index (χ1v) is 10.6. The minimum atomic E-state index is -0.934. The summed E-state index contributed by atoms with van der Waals surface area (Å²) in [5, 5.41) is 16.1. The van der Waals surface area contributed by atoms with Crippen LogP contribution in [0.3, 0.4) is 0 Å². The van der Waals surface area contributed by atoms with Gasteiger partial charge in [-0.3, -0.25) is 9.59 Å². The molecule has 6 heteroatoms. The highest BCUT2D eigenvalue weighted by molar-refractivity contribution is 5.94. The maximum absolute atomic E-state index is 12.2. The Balaban J connectivity index is 1.78. The van der Waals surface area contributed by atoms with E-state index < -0.39 is 5.97 Å². The molecular weight excluding hydrogens is 390 g/mol. The van der Waals surface area contributed by atoms with Crippen molar-refractivity contribution in [3.8, 4) is 0 Å². The third-order valence-electron chi connectivity index (χ3n) is 5.15. The standard InChI is InChI=1S/C25H29N3O3/c1-16(2)14-22(28-23-15-17(3)20-6-4-5-7-21(20)27-23)18-8-10-19(11-9-18)25(31)26-13-12-24(29)30/h4-11,15-16,22H,12-14H2,1-3H3,(H,26,31)(H,27,28)(H,29,30)/t22-/m0/s1. The number of nitrogens with zero attached hydrogens (tertiary/aromatic N) is 1. The number of pyridine rings is 1. The van der Waals surface area contributed by atoms with Crippen molar-refractivity contribution < 1.29 is 14.7 Å². The van der Waals surface area contributed by atoms with Crippen molar-refractivity contribution in [2.75, 3.05) is 11.9 Å². The molecule has 0 saturated carbocycles. The second kappa shape index (κ2) is 10.1. The predicted molar refractivity (Wildman–Crippen MR) is 123 cm³/mol. The van der Waals surface area contributed by atoms with Gasteiger partial charge in [-0.05, 0) is 54.7 Å². The molecule has 0 fully saturated rings. The van der Waals surface area contributed by atoms with Crippen LogP contribution in [0.2, 0.25) is 0 Å². The number of carboxylic acids is 1. The first-order valence-electron chi connectivity index (χ1n) is 10.6. The third kappa shape index (κ3) is 6.04. The number of hydrogen-bond donors (Lipinski definition) is 3. The average molecular weight is 420 g/mol. The number of aliphatic carboxylic acids is 1. The third-order valence-corrected chi connectivity index (χ3v) is 5.15. The Morgan fingerprint density at radius 3 is 2.45 bits per heavy atom. The number of benzene rings is 2. The van der Waals surface area contributed by atoms with Gasteiger partial charge in [0, 0.05) is 17.5 Å². The number of carboxylic acid groups (broad SMARTS) is 1. The van der Waals surface area contributed by atoms with Gasteiger partial charge in [-0.2, -0.15) is 0 Å². The molecular formula is C25H29N3O3. The molecule has 0 radical (unpaired) electrons. The molecule has 0 aliphatic rings. The lowest BCUT2D eigenvalue weighted by molar-refractivity contribution is -0.136. The highest BCUT2D eigenvalue weighted by atomic mass is 16.4. The van der Waals surface area contributed by atoms with Crippen LogP contribution in [-0.4, -0.2) is 28.5 Å². The lowest BCUT2D eigenvalue weighted by atomic mass is 9.96. The van der Waals surface area contributed by atoms with Crippen molar-refractivity contribution in [3.05, 3.63) is 71.3 Å². The van der Waals surface area contributed by atoms with Crippen LogP contribution >= 0.6 is 0 Å². The van der Waals surface area contributed by atoms with Crippen molar-refractivity contribution in [2.45, 2.75) is 39.7 Å². The van der Waals surface area contributed by atoms with Crippen LogP contribution in [0, 0.1) is 12.8 Å². The number of carbonyl (C=O) groups excluding carboxylic acids is 1. The van der Waals surface area contributed by atoms with Gasteiger partial charge in [0.1, 0.15) is 5.82 Å². The summed E-state index contributed by atoms with van der Waals surface area (Å²) in [5.74, 6) is 0.0964. The van der Waals surface area contributed by atoms with Gasteiger partial charge in [0.15, 0.2) is 0 Å². The second-order valence-corrected chi connectivity index (χ2v) is 8.19. The molecule has 1 heterocycles. The predicted octanol–water partition coefficient (Wildman–Crippen LogP) is 4.95. The SMILES string of the molecule is Cc1cc(N[C@@H](CC(C)C)c2ccc(C(=O)NCCC(=O)O)cc2)nc2ccccc12. The number of nitrogens with one attached hydrogen (secondary N) is 2. The highest BCUT2D eigenvalue weighted by Crippen LogP contribution is 2.28. The molecule has 0 saturated heterocycles. The van der Waals surface area contributed by atoms with Crippen LogP contribution in [0.1, 0.15) is 54.2 Å². The van der Waals surface area contributed by atoms with E-state index in [0.717, 1.165) is 28.7 Å². The van der Waals surface area contributed by atoms with Crippen molar-refractivity contribution in [1.82, 2.24) is 10.3 Å². The Hall–Kier alpha value is -3.41. The summed E-state index contributed by atoms with van der Waals surface area (Å²) in [7, 11) is 0. The van der Waals surface area contributed by atoms with Gasteiger partial charge in [0.25, 0.3) is 5.91 Å². The van der Waals surface area contributed by atoms with E-state index in [-0.39, 0.29) is 24.9 Å².